The van der Waals surface area contributed by atoms with Gasteiger partial charge in [0.2, 0.25) is 9.84 Å². The molecule has 6 heteroatoms. The lowest BCUT2D eigenvalue weighted by molar-refractivity contribution is 0.598. The van der Waals surface area contributed by atoms with Gasteiger partial charge in [-0.3, -0.25) is 0 Å². The Morgan fingerprint density at radius 3 is 1.49 bits per heavy atom. The van der Waals surface area contributed by atoms with Crippen LogP contribution >= 0.6 is 0 Å². The Kier molecular flexibility index (Phi) is 5.42. The Morgan fingerprint density at radius 2 is 0.821 bits per heavy atom. The normalized spacial score (nSPS) is 13.0. The summed E-state index contributed by atoms with van der Waals surface area (Å²) in [6, 6.07) is 40.5. The Hall–Kier alpha value is -4.94. The van der Waals surface area contributed by atoms with Gasteiger partial charge in [-0.2, -0.15) is 0 Å². The molecule has 0 atom stereocenters. The summed E-state index contributed by atoms with van der Waals surface area (Å²) in [5.41, 5.74) is 6.07. The quantitative estimate of drug-likeness (QED) is 0.241. The highest BCUT2D eigenvalue weighted by Gasteiger charge is 2.32. The molecule has 7 rings (SSSR count). The second-order valence-corrected chi connectivity index (χ2v) is 11.2. The van der Waals surface area contributed by atoms with Gasteiger partial charge in [-0.25, -0.2) is 23.4 Å². The van der Waals surface area contributed by atoms with Crippen molar-refractivity contribution in [3.63, 3.8) is 0 Å². The monoisotopic (exact) mass is 523 g/mol. The lowest BCUT2D eigenvalue weighted by atomic mass is 10.0. The fraction of sp³-hybridized carbons (Fsp3) is 0. The van der Waals surface area contributed by atoms with Gasteiger partial charge in [0.05, 0.1) is 9.79 Å². The van der Waals surface area contributed by atoms with Crippen molar-refractivity contribution < 1.29 is 8.42 Å². The zero-order valence-electron chi connectivity index (χ0n) is 20.7. The highest BCUT2D eigenvalue weighted by Crippen LogP contribution is 2.44. The molecule has 39 heavy (non-hydrogen) atoms. The molecule has 1 aromatic heterocycles. The van der Waals surface area contributed by atoms with Gasteiger partial charge in [-0.15, -0.1) is 0 Å². The van der Waals surface area contributed by atoms with E-state index in [-0.39, 0.29) is 0 Å². The summed E-state index contributed by atoms with van der Waals surface area (Å²) < 4.78 is 26.2. The van der Waals surface area contributed by atoms with E-state index in [0.717, 1.165) is 27.8 Å². The molecule has 0 spiro atoms. The first kappa shape index (κ1) is 23.2. The van der Waals surface area contributed by atoms with Gasteiger partial charge in [0.1, 0.15) is 0 Å². The van der Waals surface area contributed by atoms with Crippen LogP contribution in [0.3, 0.4) is 0 Å². The molecule has 186 valence electrons. The van der Waals surface area contributed by atoms with Gasteiger partial charge in [0.15, 0.2) is 17.5 Å². The molecule has 0 saturated heterocycles. The van der Waals surface area contributed by atoms with Crippen LogP contribution in [0.1, 0.15) is 0 Å². The molecule has 0 bridgehead atoms. The van der Waals surface area contributed by atoms with Crippen LogP contribution in [-0.4, -0.2) is 23.4 Å². The third-order valence-corrected chi connectivity index (χ3v) is 8.78. The van der Waals surface area contributed by atoms with Crippen molar-refractivity contribution in [2.75, 3.05) is 0 Å². The van der Waals surface area contributed by atoms with E-state index >= 15 is 0 Å². The molecular weight excluding hydrogens is 502 g/mol. The van der Waals surface area contributed by atoms with Crippen molar-refractivity contribution in [2.24, 2.45) is 0 Å². The molecule has 1 aliphatic rings. The molecule has 0 radical (unpaired) electrons. The van der Waals surface area contributed by atoms with Crippen molar-refractivity contribution in [1.82, 2.24) is 15.0 Å². The van der Waals surface area contributed by atoms with Crippen LogP contribution < -0.4 is 0 Å². The van der Waals surface area contributed by atoms with Gasteiger partial charge in [-0.1, -0.05) is 103 Å². The number of sulfone groups is 1. The first-order valence-electron chi connectivity index (χ1n) is 12.5. The first-order chi connectivity index (χ1) is 19.1. The Bertz CT molecular complexity index is 1960. The lowest BCUT2D eigenvalue weighted by Gasteiger charge is -2.10. The summed E-state index contributed by atoms with van der Waals surface area (Å²) in [5.74, 6) is 1.58. The van der Waals surface area contributed by atoms with E-state index in [2.05, 4.69) is 24.3 Å². The van der Waals surface area contributed by atoms with E-state index in [1.54, 1.807) is 24.3 Å². The van der Waals surface area contributed by atoms with Gasteiger partial charge < -0.3 is 0 Å². The maximum absolute atomic E-state index is 13.1. The summed E-state index contributed by atoms with van der Waals surface area (Å²) in [6.45, 7) is 0. The van der Waals surface area contributed by atoms with Crippen molar-refractivity contribution in [1.29, 1.82) is 0 Å². The number of benzene rings is 5. The van der Waals surface area contributed by atoms with E-state index in [0.29, 0.717) is 38.4 Å². The third kappa shape index (κ3) is 4.02. The highest BCUT2D eigenvalue weighted by molar-refractivity contribution is 7.92. The van der Waals surface area contributed by atoms with Crippen LogP contribution in [-0.2, 0) is 9.84 Å². The van der Waals surface area contributed by atoms with Crippen molar-refractivity contribution in [3.8, 4) is 56.4 Å². The van der Waals surface area contributed by atoms with Crippen LogP contribution in [0.15, 0.2) is 137 Å². The Balaban J connectivity index is 1.37. The van der Waals surface area contributed by atoms with Gasteiger partial charge in [0, 0.05) is 27.8 Å². The molecule has 1 aliphatic heterocycles. The maximum atomic E-state index is 13.1. The first-order valence-corrected chi connectivity index (χ1v) is 14.0. The molecule has 5 nitrogen and oxygen atoms in total. The average molecular weight is 524 g/mol. The minimum absolute atomic E-state index is 0.307. The van der Waals surface area contributed by atoms with Gasteiger partial charge >= 0.3 is 0 Å². The van der Waals surface area contributed by atoms with E-state index < -0.39 is 9.84 Å². The largest absolute Gasteiger partial charge is 0.218 e. The number of rotatable bonds is 4. The topological polar surface area (TPSA) is 72.8 Å². The summed E-state index contributed by atoms with van der Waals surface area (Å²) in [5, 5.41) is 0. The fourth-order valence-electron chi connectivity index (χ4n) is 4.95. The molecule has 2 heterocycles. The fourth-order valence-corrected chi connectivity index (χ4v) is 6.62. The van der Waals surface area contributed by atoms with Crippen LogP contribution in [0.5, 0.6) is 0 Å². The van der Waals surface area contributed by atoms with Crippen LogP contribution in [0.25, 0.3) is 56.4 Å². The molecule has 0 unspecified atom stereocenters. The standard InChI is InChI=1S/C33H21N3O2S/c37-39(38)29-14-8-7-13-27(29)28-21-26(19-20-30(28)39)33-35-31(24-11-5-2-6-12-24)34-32(36-33)25-17-15-23(16-18-25)22-9-3-1-4-10-22/h1-21H. The second-order valence-electron chi connectivity index (χ2n) is 9.33. The Labute approximate surface area is 226 Å². The molecular formula is C33H21N3O2S. The molecule has 6 aromatic rings. The van der Waals surface area contributed by atoms with Gasteiger partial charge in [-0.05, 0) is 35.4 Å². The molecule has 0 fully saturated rings. The van der Waals surface area contributed by atoms with Crippen molar-refractivity contribution in [2.45, 2.75) is 9.79 Å². The number of fused-ring (bicyclic) bond motifs is 3. The molecule has 5 aromatic carbocycles. The minimum Gasteiger partial charge on any atom is -0.218 e. The predicted molar refractivity (Wildman–Crippen MR) is 152 cm³/mol. The van der Waals surface area contributed by atoms with Crippen molar-refractivity contribution >= 4 is 9.84 Å². The molecule has 0 aliphatic carbocycles. The predicted octanol–water partition coefficient (Wildman–Crippen LogP) is 7.35. The van der Waals surface area contributed by atoms with Crippen LogP contribution in [0.4, 0.5) is 0 Å². The van der Waals surface area contributed by atoms with Crippen molar-refractivity contribution in [3.05, 3.63) is 127 Å². The Morgan fingerprint density at radius 1 is 0.385 bits per heavy atom. The SMILES string of the molecule is O=S1(=O)c2ccccc2-c2cc(-c3nc(-c4ccccc4)nc(-c4ccc(-c5ccccc5)cc4)n3)ccc21. The summed E-state index contributed by atoms with van der Waals surface area (Å²) in [7, 11) is -3.55. The van der Waals surface area contributed by atoms with E-state index in [1.165, 1.54) is 0 Å². The zero-order chi connectivity index (χ0) is 26.4. The van der Waals surface area contributed by atoms with E-state index in [4.69, 9.17) is 15.0 Å². The zero-order valence-corrected chi connectivity index (χ0v) is 21.5. The summed E-state index contributed by atoms with van der Waals surface area (Å²) in [4.78, 5) is 15.1. The molecule has 0 amide bonds. The summed E-state index contributed by atoms with van der Waals surface area (Å²) in [6.07, 6.45) is 0. The van der Waals surface area contributed by atoms with Crippen LogP contribution in [0, 0.1) is 0 Å². The van der Waals surface area contributed by atoms with Crippen LogP contribution in [0.2, 0.25) is 0 Å². The second kappa shape index (κ2) is 9.11. The van der Waals surface area contributed by atoms with E-state index in [9.17, 15) is 8.42 Å². The maximum Gasteiger partial charge on any atom is 0.207 e. The number of aromatic nitrogens is 3. The number of nitrogens with zero attached hydrogens (tertiary/aromatic N) is 3. The smallest absolute Gasteiger partial charge is 0.207 e. The minimum atomic E-state index is -3.55. The number of hydrogen-bond acceptors (Lipinski definition) is 5. The summed E-state index contributed by atoms with van der Waals surface area (Å²) >= 11 is 0. The highest BCUT2D eigenvalue weighted by atomic mass is 32.2. The molecule has 0 N–H and O–H groups in total. The van der Waals surface area contributed by atoms with E-state index in [1.807, 2.05) is 78.9 Å². The average Bonchev–Trinajstić information content (AvgIpc) is 3.24. The number of hydrogen-bond donors (Lipinski definition) is 0. The van der Waals surface area contributed by atoms with Gasteiger partial charge in [0.25, 0.3) is 0 Å². The third-order valence-electron chi connectivity index (χ3n) is 6.91. The lowest BCUT2D eigenvalue weighted by Crippen LogP contribution is -2.01. The molecule has 0 saturated carbocycles.